The summed E-state index contributed by atoms with van der Waals surface area (Å²) in [5, 5.41) is 12.6. The molecule has 2 aromatic carbocycles. The van der Waals surface area contributed by atoms with E-state index in [0.29, 0.717) is 22.6 Å². The number of aryl methyl sites for hydroxylation is 3. The van der Waals surface area contributed by atoms with Crippen LogP contribution >= 0.6 is 0 Å². The number of aromatic nitrogens is 4. The molecule has 164 valence electrons. The second kappa shape index (κ2) is 8.58. The number of nitrogens with one attached hydrogen (secondary N) is 3. The van der Waals surface area contributed by atoms with E-state index in [-0.39, 0.29) is 11.5 Å². The largest absolute Gasteiger partial charge is 0.493 e. The average molecular weight is 432 g/mol. The van der Waals surface area contributed by atoms with Crippen LogP contribution in [0.5, 0.6) is 11.5 Å². The van der Waals surface area contributed by atoms with Gasteiger partial charge in [0.25, 0.3) is 5.56 Å². The van der Waals surface area contributed by atoms with Gasteiger partial charge in [0.05, 0.1) is 24.4 Å². The van der Waals surface area contributed by atoms with Gasteiger partial charge in [0.1, 0.15) is 0 Å². The molecule has 8 heteroatoms. The molecule has 0 aliphatic carbocycles. The maximum atomic E-state index is 12.6. The number of ether oxygens (including phenoxy) is 2. The topological polar surface area (TPSA) is 113 Å². The van der Waals surface area contributed by atoms with Crippen LogP contribution in [0, 0.1) is 20.8 Å². The molecule has 0 saturated heterocycles. The Kier molecular flexibility index (Phi) is 5.68. The van der Waals surface area contributed by atoms with Crippen molar-refractivity contribution in [3.63, 3.8) is 0 Å². The van der Waals surface area contributed by atoms with E-state index in [1.807, 2.05) is 39.0 Å². The molecule has 0 saturated carbocycles. The average Bonchev–Trinajstić information content (AvgIpc) is 3.35. The zero-order valence-corrected chi connectivity index (χ0v) is 18.3. The summed E-state index contributed by atoms with van der Waals surface area (Å²) in [5.41, 5.74) is 5.13. The van der Waals surface area contributed by atoms with Crippen molar-refractivity contribution >= 4 is 5.97 Å². The summed E-state index contributed by atoms with van der Waals surface area (Å²) in [4.78, 5) is 25.2. The highest BCUT2D eigenvalue weighted by molar-refractivity contribution is 5.91. The fourth-order valence-corrected chi connectivity index (χ4v) is 3.75. The van der Waals surface area contributed by atoms with E-state index in [4.69, 9.17) is 9.47 Å². The number of carbonyl (C=O) groups excluding carboxylic acids is 1. The number of esters is 1. The van der Waals surface area contributed by atoms with Crippen LogP contribution in [0.15, 0.2) is 53.5 Å². The van der Waals surface area contributed by atoms with Crippen molar-refractivity contribution in [1.29, 1.82) is 0 Å². The molecule has 1 unspecified atom stereocenters. The Hall–Kier alpha value is -4.07. The Morgan fingerprint density at radius 1 is 0.969 bits per heavy atom. The van der Waals surface area contributed by atoms with E-state index in [9.17, 15) is 9.59 Å². The molecule has 0 aliphatic heterocycles. The molecule has 0 fully saturated rings. The first-order chi connectivity index (χ1) is 15.4. The van der Waals surface area contributed by atoms with Gasteiger partial charge < -0.3 is 14.6 Å². The molecule has 0 spiro atoms. The van der Waals surface area contributed by atoms with E-state index in [1.54, 1.807) is 30.5 Å². The lowest BCUT2D eigenvalue weighted by Crippen LogP contribution is -2.15. The Morgan fingerprint density at radius 2 is 1.72 bits per heavy atom. The van der Waals surface area contributed by atoms with Crippen molar-refractivity contribution in [2.45, 2.75) is 26.7 Å². The van der Waals surface area contributed by atoms with Crippen LogP contribution in [0.3, 0.4) is 0 Å². The highest BCUT2D eigenvalue weighted by Gasteiger charge is 2.27. The van der Waals surface area contributed by atoms with E-state index in [0.717, 1.165) is 28.1 Å². The number of hydrogen-bond donors (Lipinski definition) is 3. The summed E-state index contributed by atoms with van der Waals surface area (Å²) >= 11 is 0. The van der Waals surface area contributed by atoms with Crippen molar-refractivity contribution in [3.8, 4) is 11.5 Å². The normalized spacial score (nSPS) is 11.9. The monoisotopic (exact) mass is 432 g/mol. The van der Waals surface area contributed by atoms with Gasteiger partial charge in [-0.05, 0) is 50.6 Å². The number of H-pyrrole nitrogens is 3. The predicted octanol–water partition coefficient (Wildman–Crippen LogP) is 3.76. The first-order valence-electron chi connectivity index (χ1n) is 10.1. The molecule has 0 radical (unpaired) electrons. The summed E-state index contributed by atoms with van der Waals surface area (Å²) in [6.07, 6.45) is 1.71. The molecule has 0 amide bonds. The number of carbonyl (C=O) groups is 1. The Bertz CT molecular complexity index is 1310. The number of nitrogens with zero attached hydrogens (tertiary/aromatic N) is 1. The molecule has 0 aliphatic rings. The van der Waals surface area contributed by atoms with Crippen molar-refractivity contribution < 1.29 is 14.3 Å². The Labute approximate surface area is 184 Å². The molecule has 1 atom stereocenters. The molecule has 4 rings (SSSR count). The van der Waals surface area contributed by atoms with Gasteiger partial charge in [-0.1, -0.05) is 23.8 Å². The van der Waals surface area contributed by atoms with Gasteiger partial charge in [-0.25, -0.2) is 4.79 Å². The van der Waals surface area contributed by atoms with Gasteiger partial charge in [-0.15, -0.1) is 0 Å². The van der Waals surface area contributed by atoms with Crippen LogP contribution in [-0.4, -0.2) is 33.5 Å². The van der Waals surface area contributed by atoms with E-state index in [1.165, 1.54) is 7.11 Å². The van der Waals surface area contributed by atoms with Crippen molar-refractivity contribution in [1.82, 2.24) is 20.4 Å². The van der Waals surface area contributed by atoms with Crippen molar-refractivity contribution in [3.05, 3.63) is 98.2 Å². The van der Waals surface area contributed by atoms with Gasteiger partial charge in [0.15, 0.2) is 11.5 Å². The number of methoxy groups -OCH3 is 1. The smallest absolute Gasteiger partial charge is 0.343 e. The molecular formula is C24H24N4O4. The third-order valence-corrected chi connectivity index (χ3v) is 5.49. The zero-order valence-electron chi connectivity index (χ0n) is 18.3. The Morgan fingerprint density at radius 3 is 2.31 bits per heavy atom. The van der Waals surface area contributed by atoms with Gasteiger partial charge in [0.2, 0.25) is 0 Å². The van der Waals surface area contributed by atoms with Crippen LogP contribution in [0.25, 0.3) is 0 Å². The minimum absolute atomic E-state index is 0.207. The highest BCUT2D eigenvalue weighted by Crippen LogP contribution is 2.37. The van der Waals surface area contributed by atoms with E-state index >= 15 is 0 Å². The second-order valence-electron chi connectivity index (χ2n) is 7.67. The number of rotatable bonds is 6. The van der Waals surface area contributed by atoms with Crippen LogP contribution in [0.2, 0.25) is 0 Å². The summed E-state index contributed by atoms with van der Waals surface area (Å²) in [5.74, 6) is -0.182. The molecule has 32 heavy (non-hydrogen) atoms. The van der Waals surface area contributed by atoms with Gasteiger partial charge in [-0.3, -0.25) is 15.0 Å². The lowest BCUT2D eigenvalue weighted by Gasteiger charge is -2.18. The molecule has 0 bridgehead atoms. The standard InChI is InChI=1S/C24H24N4O4/c1-13-5-7-16(8-6-13)24(30)32-19-10-9-17(11-20(19)31-4)22(18-12-25-26-14(18)2)21-15(3)27-28-23(21)29/h5-12,22H,1-4H3,(H,25,26)(H2,27,28,29). The minimum atomic E-state index is -0.476. The van der Waals surface area contributed by atoms with Crippen LogP contribution < -0.4 is 15.0 Å². The predicted molar refractivity (Wildman–Crippen MR) is 120 cm³/mol. The van der Waals surface area contributed by atoms with Crippen LogP contribution in [-0.2, 0) is 0 Å². The summed E-state index contributed by atoms with van der Waals surface area (Å²) in [6, 6.07) is 12.4. The maximum absolute atomic E-state index is 12.6. The van der Waals surface area contributed by atoms with E-state index in [2.05, 4.69) is 20.4 Å². The summed E-state index contributed by atoms with van der Waals surface area (Å²) < 4.78 is 11.1. The van der Waals surface area contributed by atoms with Gasteiger partial charge >= 0.3 is 5.97 Å². The minimum Gasteiger partial charge on any atom is -0.493 e. The van der Waals surface area contributed by atoms with Crippen molar-refractivity contribution in [2.24, 2.45) is 0 Å². The third kappa shape index (κ3) is 3.94. The molecule has 8 nitrogen and oxygen atoms in total. The van der Waals surface area contributed by atoms with Crippen molar-refractivity contribution in [2.75, 3.05) is 7.11 Å². The SMILES string of the molecule is COc1cc(C(c2cn[nH]c2C)c2c(C)[nH][nH]c2=O)ccc1OC(=O)c1ccc(C)cc1. The van der Waals surface area contributed by atoms with Gasteiger partial charge in [0, 0.05) is 22.9 Å². The Balaban J connectivity index is 1.74. The fraction of sp³-hybridized carbons (Fsp3) is 0.208. The second-order valence-corrected chi connectivity index (χ2v) is 7.67. The first kappa shape index (κ1) is 21.2. The summed E-state index contributed by atoms with van der Waals surface area (Å²) in [6.45, 7) is 5.69. The molecule has 3 N–H and O–H groups in total. The lowest BCUT2D eigenvalue weighted by molar-refractivity contribution is 0.0729. The maximum Gasteiger partial charge on any atom is 0.343 e. The number of aromatic amines is 3. The van der Waals surface area contributed by atoms with Gasteiger partial charge in [-0.2, -0.15) is 5.10 Å². The summed E-state index contributed by atoms with van der Waals surface area (Å²) in [7, 11) is 1.51. The third-order valence-electron chi connectivity index (χ3n) is 5.49. The zero-order chi connectivity index (χ0) is 22.8. The molecule has 2 aromatic heterocycles. The first-order valence-corrected chi connectivity index (χ1v) is 10.1. The fourth-order valence-electron chi connectivity index (χ4n) is 3.75. The van der Waals surface area contributed by atoms with E-state index < -0.39 is 5.97 Å². The lowest BCUT2D eigenvalue weighted by atomic mass is 9.85. The quantitative estimate of drug-likeness (QED) is 0.317. The molecule has 4 aromatic rings. The number of hydrogen-bond acceptors (Lipinski definition) is 5. The molecule has 2 heterocycles. The molecular weight excluding hydrogens is 408 g/mol. The van der Waals surface area contributed by atoms with Crippen LogP contribution in [0.1, 0.15) is 49.9 Å². The van der Waals surface area contributed by atoms with Crippen LogP contribution in [0.4, 0.5) is 0 Å². The number of benzene rings is 2. The highest BCUT2D eigenvalue weighted by atomic mass is 16.6.